The Morgan fingerprint density at radius 1 is 1.22 bits per heavy atom. The molecule has 3 aromatic rings. The Bertz CT molecular complexity index is 1330. The molecule has 1 amide bonds. The lowest BCUT2D eigenvalue weighted by atomic mass is 9.95. The quantitative estimate of drug-likeness (QED) is 0.381. The number of amides is 1. The second-order valence-electron chi connectivity index (χ2n) is 9.35. The third kappa shape index (κ3) is 4.96. The highest BCUT2D eigenvalue weighted by molar-refractivity contribution is 7.17. The second-order valence-corrected chi connectivity index (χ2v) is 10.5. The molecule has 196 valence electrons. The van der Waals surface area contributed by atoms with Gasteiger partial charge in [-0.1, -0.05) is 29.8 Å². The summed E-state index contributed by atoms with van der Waals surface area (Å²) in [5.41, 5.74) is 2.79. The number of carbonyl (C=O) groups is 2. The maximum absolute atomic E-state index is 14.0. The zero-order chi connectivity index (χ0) is 26.3. The van der Waals surface area contributed by atoms with Crippen LogP contribution in [0.5, 0.6) is 0 Å². The summed E-state index contributed by atoms with van der Waals surface area (Å²) < 4.78 is 48.2. The standard InChI is InChI=1S/C26H27F3N4O3S/c1-3-36-25(35)22-16-6-4-5-7-19(16)37-24(22)31-23(34)18-13-21-30-17(15-10-8-14(2)9-11-15)12-20(26(27,28)29)33(21)32-18/h8-11,13,17,20,30H,3-7,12H2,1-2H3,(H,31,34)/t17-,20-/m1/s1. The zero-order valence-electron chi connectivity index (χ0n) is 20.4. The number of thiophene rings is 1. The Labute approximate surface area is 216 Å². The number of esters is 1. The lowest BCUT2D eigenvalue weighted by molar-refractivity contribution is -0.173. The van der Waals surface area contributed by atoms with Crippen molar-refractivity contribution in [1.82, 2.24) is 9.78 Å². The first kappa shape index (κ1) is 25.3. The fraction of sp³-hybridized carbons (Fsp3) is 0.423. The van der Waals surface area contributed by atoms with Crippen LogP contribution in [0.1, 0.15) is 80.7 Å². The summed E-state index contributed by atoms with van der Waals surface area (Å²) in [6.45, 7) is 3.81. The molecule has 37 heavy (non-hydrogen) atoms. The highest BCUT2D eigenvalue weighted by atomic mass is 32.1. The Morgan fingerprint density at radius 2 is 1.95 bits per heavy atom. The predicted octanol–water partition coefficient (Wildman–Crippen LogP) is 6.22. The summed E-state index contributed by atoms with van der Waals surface area (Å²) in [4.78, 5) is 26.9. The van der Waals surface area contributed by atoms with E-state index in [0.717, 1.165) is 45.5 Å². The number of alkyl halides is 3. The third-order valence-corrected chi connectivity index (χ3v) is 7.99. The molecule has 0 bridgehead atoms. The van der Waals surface area contributed by atoms with Crippen molar-refractivity contribution in [2.45, 2.75) is 64.2 Å². The van der Waals surface area contributed by atoms with Crippen LogP contribution >= 0.6 is 11.3 Å². The van der Waals surface area contributed by atoms with Crippen LogP contribution < -0.4 is 10.6 Å². The van der Waals surface area contributed by atoms with E-state index in [1.165, 1.54) is 17.4 Å². The van der Waals surface area contributed by atoms with E-state index in [1.54, 1.807) is 19.1 Å². The summed E-state index contributed by atoms with van der Waals surface area (Å²) in [6.07, 6.45) is -1.37. The van der Waals surface area contributed by atoms with E-state index >= 15 is 0 Å². The molecule has 2 aliphatic rings. The molecular weight excluding hydrogens is 505 g/mol. The Morgan fingerprint density at radius 3 is 2.65 bits per heavy atom. The Hall–Kier alpha value is -3.34. The normalized spacial score (nSPS) is 18.9. The van der Waals surface area contributed by atoms with Crippen LogP contribution in [-0.4, -0.2) is 34.4 Å². The maximum atomic E-state index is 14.0. The smallest absolute Gasteiger partial charge is 0.410 e. The number of hydrogen-bond donors (Lipinski definition) is 2. The lowest BCUT2D eigenvalue weighted by Gasteiger charge is -2.33. The fourth-order valence-electron chi connectivity index (χ4n) is 4.94. The number of rotatable bonds is 5. The van der Waals surface area contributed by atoms with E-state index in [-0.39, 0.29) is 24.5 Å². The summed E-state index contributed by atoms with van der Waals surface area (Å²) in [7, 11) is 0. The van der Waals surface area contributed by atoms with Crippen molar-refractivity contribution >= 4 is 34.0 Å². The van der Waals surface area contributed by atoms with Crippen molar-refractivity contribution in [3.8, 4) is 0 Å². The first-order chi connectivity index (χ1) is 17.7. The zero-order valence-corrected chi connectivity index (χ0v) is 21.3. The van der Waals surface area contributed by atoms with Gasteiger partial charge in [0, 0.05) is 17.4 Å². The van der Waals surface area contributed by atoms with E-state index in [4.69, 9.17) is 4.74 Å². The van der Waals surface area contributed by atoms with E-state index in [9.17, 15) is 22.8 Å². The topological polar surface area (TPSA) is 85.2 Å². The van der Waals surface area contributed by atoms with Crippen molar-refractivity contribution in [2.75, 3.05) is 17.2 Å². The van der Waals surface area contributed by atoms with Crippen molar-refractivity contribution < 1.29 is 27.5 Å². The monoisotopic (exact) mass is 532 g/mol. The van der Waals surface area contributed by atoms with Gasteiger partial charge in [-0.15, -0.1) is 11.3 Å². The van der Waals surface area contributed by atoms with Gasteiger partial charge in [-0.25, -0.2) is 9.48 Å². The number of hydrogen-bond acceptors (Lipinski definition) is 6. The van der Waals surface area contributed by atoms with E-state index in [0.29, 0.717) is 17.0 Å². The van der Waals surface area contributed by atoms with Crippen molar-refractivity contribution in [3.05, 3.63) is 63.2 Å². The summed E-state index contributed by atoms with van der Waals surface area (Å²) in [5.74, 6) is -1.08. The molecule has 2 atom stereocenters. The van der Waals surface area contributed by atoms with Gasteiger partial charge in [-0.3, -0.25) is 4.79 Å². The number of nitrogens with one attached hydrogen (secondary N) is 2. The number of fused-ring (bicyclic) bond motifs is 2. The van der Waals surface area contributed by atoms with Crippen LogP contribution in [-0.2, 0) is 17.6 Å². The molecule has 0 spiro atoms. The van der Waals surface area contributed by atoms with E-state index < -0.39 is 30.1 Å². The average Bonchev–Trinajstić information content (AvgIpc) is 3.44. The fourth-order valence-corrected chi connectivity index (χ4v) is 6.21. The van der Waals surface area contributed by atoms with E-state index in [2.05, 4.69) is 15.7 Å². The predicted molar refractivity (Wildman–Crippen MR) is 134 cm³/mol. The van der Waals surface area contributed by atoms with Crippen LogP contribution in [0.3, 0.4) is 0 Å². The van der Waals surface area contributed by atoms with E-state index in [1.807, 2.05) is 19.1 Å². The summed E-state index contributed by atoms with van der Waals surface area (Å²) >= 11 is 1.31. The molecule has 7 nitrogen and oxygen atoms in total. The molecule has 1 aromatic carbocycles. The van der Waals surface area contributed by atoms with Crippen LogP contribution in [0, 0.1) is 6.92 Å². The Kier molecular flexibility index (Phi) is 6.74. The van der Waals surface area contributed by atoms with Gasteiger partial charge in [0.1, 0.15) is 10.8 Å². The number of anilines is 2. The van der Waals surface area contributed by atoms with Gasteiger partial charge in [-0.05, 0) is 50.7 Å². The molecule has 2 aromatic heterocycles. The number of carbonyl (C=O) groups excluding carboxylic acids is 2. The molecule has 1 aliphatic carbocycles. The molecule has 11 heteroatoms. The molecule has 2 N–H and O–H groups in total. The van der Waals surface area contributed by atoms with Crippen LogP contribution in [0.25, 0.3) is 0 Å². The van der Waals surface area contributed by atoms with Crippen LogP contribution in [0.15, 0.2) is 30.3 Å². The largest absolute Gasteiger partial charge is 0.462 e. The van der Waals surface area contributed by atoms with Gasteiger partial charge in [-0.2, -0.15) is 18.3 Å². The van der Waals surface area contributed by atoms with Crippen molar-refractivity contribution in [1.29, 1.82) is 0 Å². The summed E-state index contributed by atoms with van der Waals surface area (Å²) in [6, 6.07) is 6.16. The number of halogens is 3. The summed E-state index contributed by atoms with van der Waals surface area (Å²) in [5, 5.41) is 10.2. The molecule has 0 fully saturated rings. The number of benzene rings is 1. The van der Waals surface area contributed by atoms with Gasteiger partial charge < -0.3 is 15.4 Å². The molecule has 3 heterocycles. The highest BCUT2D eigenvalue weighted by Gasteiger charge is 2.47. The number of aryl methyl sites for hydroxylation is 2. The highest BCUT2D eigenvalue weighted by Crippen LogP contribution is 2.44. The molecule has 0 radical (unpaired) electrons. The molecule has 0 unspecified atom stereocenters. The molecule has 5 rings (SSSR count). The third-order valence-electron chi connectivity index (χ3n) is 6.78. The van der Waals surface area contributed by atoms with Gasteiger partial charge in [0.15, 0.2) is 11.7 Å². The maximum Gasteiger partial charge on any atom is 0.410 e. The van der Waals surface area contributed by atoms with Crippen LogP contribution in [0.2, 0.25) is 0 Å². The SMILES string of the molecule is CCOC(=O)c1c(NC(=O)c2cc3n(n2)[C@@H](C(F)(F)F)C[C@H](c2ccc(C)cc2)N3)sc2c1CCCC2. The molecule has 1 aliphatic heterocycles. The Balaban J connectivity index is 1.45. The number of ether oxygens (including phenoxy) is 1. The molecule has 0 saturated heterocycles. The van der Waals surface area contributed by atoms with Crippen LogP contribution in [0.4, 0.5) is 24.0 Å². The first-order valence-electron chi connectivity index (χ1n) is 12.3. The average molecular weight is 533 g/mol. The number of nitrogens with zero attached hydrogens (tertiary/aromatic N) is 2. The minimum atomic E-state index is -4.55. The van der Waals surface area contributed by atoms with Gasteiger partial charge in [0.25, 0.3) is 5.91 Å². The van der Waals surface area contributed by atoms with Gasteiger partial charge in [0.2, 0.25) is 0 Å². The minimum absolute atomic E-state index is 0.111. The van der Waals surface area contributed by atoms with Crippen molar-refractivity contribution in [3.63, 3.8) is 0 Å². The molecule has 0 saturated carbocycles. The van der Waals surface area contributed by atoms with Crippen molar-refractivity contribution in [2.24, 2.45) is 0 Å². The van der Waals surface area contributed by atoms with Gasteiger partial charge >= 0.3 is 12.1 Å². The van der Waals surface area contributed by atoms with Gasteiger partial charge in [0.05, 0.1) is 18.2 Å². The first-order valence-corrected chi connectivity index (χ1v) is 13.1. The second kappa shape index (κ2) is 9.85. The number of aromatic nitrogens is 2. The lowest BCUT2D eigenvalue weighted by Crippen LogP contribution is -2.35. The minimum Gasteiger partial charge on any atom is -0.462 e. The molecular formula is C26H27F3N4O3S.